The fraction of sp³-hybridized carbons (Fsp3) is 0.300. The molecule has 66 valence electrons. The number of amides is 1. The molecule has 0 spiro atoms. The Balaban J connectivity index is 4.70. The highest BCUT2D eigenvalue weighted by Gasteiger charge is 2.03. The van der Waals surface area contributed by atoms with Gasteiger partial charge in [-0.2, -0.15) is 0 Å². The normalized spacial score (nSPS) is 9.58. The molecule has 0 saturated carbocycles. The summed E-state index contributed by atoms with van der Waals surface area (Å²) in [6, 6.07) is 0. The predicted octanol–water partition coefficient (Wildman–Crippen LogP) is 1.81. The van der Waals surface area contributed by atoms with Crippen LogP contribution in [-0.2, 0) is 4.79 Å². The van der Waals surface area contributed by atoms with E-state index in [1.165, 1.54) is 0 Å². The number of carbonyl (C=O) groups excluding carboxylic acids is 1. The Morgan fingerprint density at radius 2 is 2.00 bits per heavy atom. The zero-order valence-electron chi connectivity index (χ0n) is 7.85. The molecule has 1 amide bonds. The lowest BCUT2D eigenvalue weighted by Gasteiger charge is -2.01. The lowest BCUT2D eigenvalue weighted by atomic mass is 10.1. The zero-order chi connectivity index (χ0) is 9.56. The Morgan fingerprint density at radius 1 is 1.42 bits per heavy atom. The molecule has 0 aromatic rings. The molecule has 0 fully saturated rings. The van der Waals surface area contributed by atoms with Crippen molar-refractivity contribution in [3.05, 3.63) is 36.0 Å². The maximum absolute atomic E-state index is 11.2. The number of likely N-dealkylation sites (N-methyl/N-ethyl adjacent to an activating group) is 1. The highest BCUT2D eigenvalue weighted by atomic mass is 16.1. The summed E-state index contributed by atoms with van der Waals surface area (Å²) in [5.41, 5.74) is 1.69. The molecule has 0 aromatic heterocycles. The van der Waals surface area contributed by atoms with E-state index in [1.807, 2.05) is 13.8 Å². The molecule has 0 unspecified atom stereocenters. The number of carbonyl (C=O) groups is 1. The SMILES string of the molecule is C=C/C=C\C(C(=O)NC)=C(C)C. The van der Waals surface area contributed by atoms with Crippen LogP contribution in [0.15, 0.2) is 36.0 Å². The Hall–Kier alpha value is -1.31. The fourth-order valence-corrected chi connectivity index (χ4v) is 0.768. The molecule has 0 rings (SSSR count). The second kappa shape index (κ2) is 5.35. The second-order valence-corrected chi connectivity index (χ2v) is 2.59. The molecule has 0 aromatic carbocycles. The van der Waals surface area contributed by atoms with Crippen molar-refractivity contribution in [1.29, 1.82) is 0 Å². The average Bonchev–Trinajstić information content (AvgIpc) is 2.04. The third-order valence-corrected chi connectivity index (χ3v) is 1.41. The summed E-state index contributed by atoms with van der Waals surface area (Å²) in [5.74, 6) is -0.0619. The van der Waals surface area contributed by atoms with Crippen molar-refractivity contribution < 1.29 is 4.79 Å². The molecule has 0 radical (unpaired) electrons. The van der Waals surface area contributed by atoms with Crippen LogP contribution in [0.25, 0.3) is 0 Å². The van der Waals surface area contributed by atoms with Gasteiger partial charge in [-0.25, -0.2) is 0 Å². The molecule has 0 heterocycles. The first-order valence-corrected chi connectivity index (χ1v) is 3.82. The van der Waals surface area contributed by atoms with Crippen molar-refractivity contribution in [3.8, 4) is 0 Å². The van der Waals surface area contributed by atoms with Crippen LogP contribution in [0.3, 0.4) is 0 Å². The molecule has 12 heavy (non-hydrogen) atoms. The standard InChI is InChI=1S/C10H15NO/c1-5-6-7-9(8(2)3)10(12)11-4/h5-7H,1H2,2-4H3,(H,11,12)/b7-6-. The van der Waals surface area contributed by atoms with Crippen molar-refractivity contribution >= 4 is 5.91 Å². The summed E-state index contributed by atoms with van der Waals surface area (Å²) in [6.45, 7) is 7.34. The molecular formula is C10H15NO. The Bertz CT molecular complexity index is 232. The van der Waals surface area contributed by atoms with E-state index in [0.29, 0.717) is 5.57 Å². The minimum Gasteiger partial charge on any atom is -0.355 e. The largest absolute Gasteiger partial charge is 0.355 e. The molecular weight excluding hydrogens is 150 g/mol. The first-order chi connectivity index (χ1) is 5.63. The van der Waals surface area contributed by atoms with E-state index >= 15 is 0 Å². The van der Waals surface area contributed by atoms with Gasteiger partial charge in [0.15, 0.2) is 0 Å². The highest BCUT2D eigenvalue weighted by molar-refractivity contribution is 5.96. The summed E-state index contributed by atoms with van der Waals surface area (Å²) >= 11 is 0. The van der Waals surface area contributed by atoms with Gasteiger partial charge in [-0.15, -0.1) is 0 Å². The third kappa shape index (κ3) is 3.19. The Labute approximate surface area is 73.7 Å². The quantitative estimate of drug-likeness (QED) is 0.501. The topological polar surface area (TPSA) is 29.1 Å². The molecule has 0 aliphatic heterocycles. The Morgan fingerprint density at radius 3 is 2.33 bits per heavy atom. The molecule has 2 nitrogen and oxygen atoms in total. The molecule has 0 aliphatic carbocycles. The van der Waals surface area contributed by atoms with Crippen molar-refractivity contribution in [1.82, 2.24) is 5.32 Å². The van der Waals surface area contributed by atoms with E-state index < -0.39 is 0 Å². The van der Waals surface area contributed by atoms with Crippen LogP contribution >= 0.6 is 0 Å². The van der Waals surface area contributed by atoms with Gasteiger partial charge in [-0.3, -0.25) is 4.79 Å². The van der Waals surface area contributed by atoms with E-state index in [1.54, 1.807) is 25.3 Å². The van der Waals surface area contributed by atoms with Gasteiger partial charge >= 0.3 is 0 Å². The van der Waals surface area contributed by atoms with Gasteiger partial charge in [0.1, 0.15) is 0 Å². The summed E-state index contributed by atoms with van der Waals surface area (Å²) in [5, 5.41) is 2.57. The van der Waals surface area contributed by atoms with E-state index in [-0.39, 0.29) is 5.91 Å². The van der Waals surface area contributed by atoms with E-state index in [0.717, 1.165) is 5.57 Å². The number of allylic oxidation sites excluding steroid dienone is 3. The lowest BCUT2D eigenvalue weighted by Crippen LogP contribution is -2.19. The highest BCUT2D eigenvalue weighted by Crippen LogP contribution is 2.04. The number of rotatable bonds is 3. The van der Waals surface area contributed by atoms with Crippen molar-refractivity contribution in [2.75, 3.05) is 7.05 Å². The first-order valence-electron chi connectivity index (χ1n) is 3.82. The maximum Gasteiger partial charge on any atom is 0.250 e. The first kappa shape index (κ1) is 10.7. The van der Waals surface area contributed by atoms with Gasteiger partial charge < -0.3 is 5.32 Å². The van der Waals surface area contributed by atoms with Crippen LogP contribution in [-0.4, -0.2) is 13.0 Å². The van der Waals surface area contributed by atoms with Gasteiger partial charge in [0, 0.05) is 12.6 Å². The van der Waals surface area contributed by atoms with E-state index in [2.05, 4.69) is 11.9 Å². The van der Waals surface area contributed by atoms with Gasteiger partial charge in [0.05, 0.1) is 0 Å². The van der Waals surface area contributed by atoms with Gasteiger partial charge in [0.2, 0.25) is 0 Å². The molecule has 0 atom stereocenters. The number of nitrogens with one attached hydrogen (secondary N) is 1. The van der Waals surface area contributed by atoms with Crippen molar-refractivity contribution in [2.24, 2.45) is 0 Å². The minimum atomic E-state index is -0.0619. The van der Waals surface area contributed by atoms with Gasteiger partial charge in [-0.05, 0) is 19.9 Å². The maximum atomic E-state index is 11.2. The molecule has 2 heteroatoms. The zero-order valence-corrected chi connectivity index (χ0v) is 7.85. The molecule has 0 saturated heterocycles. The number of hydrogen-bond donors (Lipinski definition) is 1. The monoisotopic (exact) mass is 165 g/mol. The molecule has 1 N–H and O–H groups in total. The van der Waals surface area contributed by atoms with Crippen molar-refractivity contribution in [3.63, 3.8) is 0 Å². The van der Waals surface area contributed by atoms with Gasteiger partial charge in [-0.1, -0.05) is 24.3 Å². The summed E-state index contributed by atoms with van der Waals surface area (Å²) in [4.78, 5) is 11.2. The smallest absolute Gasteiger partial charge is 0.250 e. The average molecular weight is 165 g/mol. The van der Waals surface area contributed by atoms with Crippen LogP contribution in [0.4, 0.5) is 0 Å². The van der Waals surface area contributed by atoms with Crippen LogP contribution in [0.5, 0.6) is 0 Å². The van der Waals surface area contributed by atoms with Crippen LogP contribution in [0.2, 0.25) is 0 Å². The molecule has 0 aliphatic rings. The molecule has 0 bridgehead atoms. The number of hydrogen-bond acceptors (Lipinski definition) is 1. The summed E-state index contributed by atoms with van der Waals surface area (Å²) in [7, 11) is 1.62. The van der Waals surface area contributed by atoms with Crippen LogP contribution < -0.4 is 5.32 Å². The summed E-state index contributed by atoms with van der Waals surface area (Å²) < 4.78 is 0. The minimum absolute atomic E-state index is 0.0619. The summed E-state index contributed by atoms with van der Waals surface area (Å²) in [6.07, 6.45) is 5.14. The fourth-order valence-electron chi connectivity index (χ4n) is 0.768. The van der Waals surface area contributed by atoms with Gasteiger partial charge in [0.25, 0.3) is 5.91 Å². The lowest BCUT2D eigenvalue weighted by molar-refractivity contribution is -0.116. The van der Waals surface area contributed by atoms with Crippen LogP contribution in [0.1, 0.15) is 13.8 Å². The third-order valence-electron chi connectivity index (χ3n) is 1.41. The van der Waals surface area contributed by atoms with Crippen LogP contribution in [0, 0.1) is 0 Å². The Kier molecular flexibility index (Phi) is 4.77. The second-order valence-electron chi connectivity index (χ2n) is 2.59. The van der Waals surface area contributed by atoms with E-state index in [4.69, 9.17) is 0 Å². The van der Waals surface area contributed by atoms with Crippen molar-refractivity contribution in [2.45, 2.75) is 13.8 Å². The van der Waals surface area contributed by atoms with E-state index in [9.17, 15) is 4.79 Å². The predicted molar refractivity (Wildman–Crippen MR) is 51.8 cm³/mol.